The zero-order valence-corrected chi connectivity index (χ0v) is 33.5. The molecule has 304 valence electrons. The minimum atomic E-state index is -1.08. The van der Waals surface area contributed by atoms with Crippen LogP contribution in [0.25, 0.3) is 0 Å². The van der Waals surface area contributed by atoms with Crippen molar-refractivity contribution in [2.24, 2.45) is 0 Å². The van der Waals surface area contributed by atoms with Gasteiger partial charge < -0.3 is 19.3 Å². The zero-order valence-electron chi connectivity index (χ0n) is 33.5. The Morgan fingerprint density at radius 2 is 1.17 bits per heavy atom. The van der Waals surface area contributed by atoms with Gasteiger partial charge in [-0.05, 0) is 95.7 Å². The highest BCUT2D eigenvalue weighted by Crippen LogP contribution is 2.33. The average Bonchev–Trinajstić information content (AvgIpc) is 3.63. The third-order valence-electron chi connectivity index (χ3n) is 10.1. The molecule has 6 rings (SSSR count). The van der Waals surface area contributed by atoms with Crippen molar-refractivity contribution in [1.82, 2.24) is 19.6 Å². The van der Waals surface area contributed by atoms with Gasteiger partial charge in [0, 0.05) is 61.9 Å². The lowest BCUT2D eigenvalue weighted by Gasteiger charge is -2.35. The van der Waals surface area contributed by atoms with Crippen LogP contribution in [0.3, 0.4) is 0 Å². The molecule has 0 bridgehead atoms. The molecule has 0 spiro atoms. The third kappa shape index (κ3) is 8.56. The predicted molar refractivity (Wildman–Crippen MR) is 204 cm³/mol. The highest BCUT2D eigenvalue weighted by molar-refractivity contribution is 6.14. The monoisotopic (exact) mass is 794 g/mol. The van der Waals surface area contributed by atoms with Crippen LogP contribution >= 0.6 is 0 Å². The second-order valence-corrected chi connectivity index (χ2v) is 16.7. The standard InChI is InChI=1S/C43H46N4O11/c1-42(2,3)57-40(55)46-34(49)20-18-32(38(46)53)44-23-30-25(13-10-16-28(30)36(44)51)12-8-7-9-15-27(48)22-26-14-11-17-29-31(26)24-45(37(29)52)33-19-21-35(50)47(39(33)54)41(56)58-43(4,5)6/h10-11,13-14,16-17,32-33H,7,9,15,18-24H2,1-6H3. The third-order valence-corrected chi connectivity index (χ3v) is 10.1. The fourth-order valence-corrected chi connectivity index (χ4v) is 7.50. The lowest BCUT2D eigenvalue weighted by Crippen LogP contribution is -2.57. The van der Waals surface area contributed by atoms with Gasteiger partial charge in [0.1, 0.15) is 29.1 Å². The van der Waals surface area contributed by atoms with E-state index in [-0.39, 0.29) is 57.4 Å². The summed E-state index contributed by atoms with van der Waals surface area (Å²) in [6.07, 6.45) is -1.16. The zero-order chi connectivity index (χ0) is 42.3. The van der Waals surface area contributed by atoms with E-state index in [2.05, 4.69) is 11.8 Å². The van der Waals surface area contributed by atoms with Gasteiger partial charge >= 0.3 is 12.2 Å². The fraction of sp³-hybridized carbons (Fsp3) is 0.465. The molecule has 15 nitrogen and oxygen atoms in total. The number of ketones is 1. The molecule has 58 heavy (non-hydrogen) atoms. The van der Waals surface area contributed by atoms with Crippen molar-refractivity contribution in [2.45, 2.75) is 129 Å². The van der Waals surface area contributed by atoms with E-state index in [1.54, 1.807) is 77.9 Å². The number of amides is 8. The minimum Gasteiger partial charge on any atom is -0.443 e. The molecule has 0 N–H and O–H groups in total. The van der Waals surface area contributed by atoms with Gasteiger partial charge in [0.25, 0.3) is 23.6 Å². The number of Topliss-reactive ketones (excluding diaryl/α,β-unsaturated/α-hetero) is 1. The summed E-state index contributed by atoms with van der Waals surface area (Å²) in [5, 5.41) is 0. The van der Waals surface area contributed by atoms with Gasteiger partial charge in [-0.3, -0.25) is 33.6 Å². The maximum absolute atomic E-state index is 13.5. The van der Waals surface area contributed by atoms with Gasteiger partial charge in [0.2, 0.25) is 11.8 Å². The minimum absolute atomic E-state index is 0.0478. The number of hydrogen-bond acceptors (Lipinski definition) is 11. The Labute approximate surface area is 335 Å². The smallest absolute Gasteiger partial charge is 0.424 e. The van der Waals surface area contributed by atoms with E-state index in [1.165, 1.54) is 9.80 Å². The first-order valence-electron chi connectivity index (χ1n) is 19.3. The van der Waals surface area contributed by atoms with Crippen molar-refractivity contribution >= 4 is 53.4 Å². The first-order valence-corrected chi connectivity index (χ1v) is 19.3. The molecule has 2 saturated heterocycles. The number of rotatable bonds is 7. The maximum atomic E-state index is 13.5. The number of piperidine rings is 2. The highest BCUT2D eigenvalue weighted by atomic mass is 16.6. The second-order valence-electron chi connectivity index (χ2n) is 16.7. The Bertz CT molecular complexity index is 2200. The topological polar surface area (TPSA) is 185 Å². The molecule has 0 radical (unpaired) electrons. The summed E-state index contributed by atoms with van der Waals surface area (Å²) in [5.74, 6) is 2.29. The fourth-order valence-electron chi connectivity index (χ4n) is 7.50. The molecule has 2 fully saturated rings. The Balaban J connectivity index is 1.05. The Kier molecular flexibility index (Phi) is 11.4. The number of unbranched alkanes of at least 4 members (excludes halogenated alkanes) is 1. The molecule has 2 unspecified atom stereocenters. The van der Waals surface area contributed by atoms with Crippen LogP contribution in [0.1, 0.15) is 129 Å². The van der Waals surface area contributed by atoms with Crippen molar-refractivity contribution in [1.29, 1.82) is 0 Å². The van der Waals surface area contributed by atoms with Crippen molar-refractivity contribution in [3.63, 3.8) is 0 Å². The lowest BCUT2D eigenvalue weighted by atomic mass is 9.97. The summed E-state index contributed by atoms with van der Waals surface area (Å²) in [6.45, 7) is 9.83. The summed E-state index contributed by atoms with van der Waals surface area (Å²) < 4.78 is 10.5. The number of carbonyl (C=O) groups excluding carboxylic acids is 9. The number of imide groups is 6. The van der Waals surface area contributed by atoms with Crippen LogP contribution in [0.2, 0.25) is 0 Å². The van der Waals surface area contributed by atoms with E-state index < -0.39 is 70.9 Å². The van der Waals surface area contributed by atoms with Gasteiger partial charge in [-0.25, -0.2) is 9.59 Å². The van der Waals surface area contributed by atoms with Crippen LogP contribution in [0.5, 0.6) is 0 Å². The highest BCUT2D eigenvalue weighted by Gasteiger charge is 2.48. The van der Waals surface area contributed by atoms with E-state index in [4.69, 9.17) is 9.47 Å². The molecule has 8 amide bonds. The summed E-state index contributed by atoms with van der Waals surface area (Å²) in [6, 6.07) is 8.10. The number of hydrogen-bond donors (Lipinski definition) is 0. The Morgan fingerprint density at radius 1 is 0.690 bits per heavy atom. The summed E-state index contributed by atoms with van der Waals surface area (Å²) in [4.78, 5) is 121. The number of benzene rings is 2. The van der Waals surface area contributed by atoms with E-state index in [0.717, 1.165) is 0 Å². The number of ether oxygens (including phenoxy) is 2. The molecular formula is C43H46N4O11. The average molecular weight is 795 g/mol. The number of carbonyl (C=O) groups is 9. The second kappa shape index (κ2) is 16.0. The first kappa shape index (κ1) is 41.5. The molecule has 2 aromatic rings. The van der Waals surface area contributed by atoms with E-state index in [0.29, 0.717) is 56.0 Å². The van der Waals surface area contributed by atoms with Crippen molar-refractivity contribution in [2.75, 3.05) is 0 Å². The van der Waals surface area contributed by atoms with Crippen LogP contribution in [0, 0.1) is 11.8 Å². The Hall–Kier alpha value is -6.17. The van der Waals surface area contributed by atoms with E-state index in [9.17, 15) is 43.2 Å². The predicted octanol–water partition coefficient (Wildman–Crippen LogP) is 4.84. The molecule has 0 aliphatic carbocycles. The lowest BCUT2D eigenvalue weighted by molar-refractivity contribution is -0.152. The molecule has 0 saturated carbocycles. The van der Waals surface area contributed by atoms with E-state index >= 15 is 0 Å². The van der Waals surface area contributed by atoms with Gasteiger partial charge in [0.05, 0.1) is 0 Å². The molecule has 2 atom stereocenters. The Morgan fingerprint density at radius 3 is 1.69 bits per heavy atom. The molecular weight excluding hydrogens is 748 g/mol. The summed E-state index contributed by atoms with van der Waals surface area (Å²) in [7, 11) is 0. The molecule has 15 heteroatoms. The number of fused-ring (bicyclic) bond motifs is 2. The summed E-state index contributed by atoms with van der Waals surface area (Å²) in [5.41, 5.74) is 1.36. The van der Waals surface area contributed by atoms with Crippen LogP contribution in [0.15, 0.2) is 36.4 Å². The van der Waals surface area contributed by atoms with Gasteiger partial charge in [-0.15, -0.1) is 0 Å². The normalized spacial score (nSPS) is 19.6. The number of nitrogens with zero attached hydrogens (tertiary/aromatic N) is 4. The molecule has 4 aliphatic heterocycles. The van der Waals surface area contributed by atoms with Gasteiger partial charge in [-0.1, -0.05) is 30.0 Å². The van der Waals surface area contributed by atoms with Gasteiger partial charge in [0.15, 0.2) is 0 Å². The van der Waals surface area contributed by atoms with Crippen molar-refractivity contribution in [3.05, 3.63) is 69.8 Å². The largest absolute Gasteiger partial charge is 0.443 e. The van der Waals surface area contributed by atoms with Crippen LogP contribution in [-0.4, -0.2) is 96.3 Å². The van der Waals surface area contributed by atoms with Crippen molar-refractivity contribution in [3.8, 4) is 11.8 Å². The van der Waals surface area contributed by atoms with Crippen LogP contribution < -0.4 is 0 Å². The van der Waals surface area contributed by atoms with Crippen LogP contribution in [0.4, 0.5) is 9.59 Å². The quantitative estimate of drug-likeness (QED) is 0.212. The maximum Gasteiger partial charge on any atom is 0.424 e. The molecule has 4 heterocycles. The van der Waals surface area contributed by atoms with Crippen LogP contribution in [-0.2, 0) is 53.0 Å². The van der Waals surface area contributed by atoms with Gasteiger partial charge in [-0.2, -0.15) is 9.80 Å². The molecule has 4 aliphatic rings. The van der Waals surface area contributed by atoms with E-state index in [1.807, 2.05) is 0 Å². The van der Waals surface area contributed by atoms with Crippen molar-refractivity contribution < 1.29 is 52.6 Å². The first-order chi connectivity index (χ1) is 27.3. The number of likely N-dealkylation sites (tertiary alicyclic amines) is 2. The molecule has 2 aromatic carbocycles. The molecule has 0 aromatic heterocycles. The SMILES string of the molecule is CC(C)(C)OC(=O)N1C(=O)CCC(N2Cc3c(C#CCCCC(=O)Cc4cccc5c4CN(C4CCC(=O)N(C(=O)OC(C)(C)C)C4=O)C5=O)cccc3C2=O)C1=O. The summed E-state index contributed by atoms with van der Waals surface area (Å²) >= 11 is 0.